The summed E-state index contributed by atoms with van der Waals surface area (Å²) in [7, 11) is 0. The van der Waals surface area contributed by atoms with Crippen molar-refractivity contribution >= 4 is 11.6 Å². The molecule has 2 aliphatic rings. The Kier molecular flexibility index (Phi) is 2.29. The minimum absolute atomic E-state index is 0.0407. The van der Waals surface area contributed by atoms with Crippen LogP contribution < -0.4 is 0 Å². The van der Waals surface area contributed by atoms with Crippen LogP contribution in [0, 0.1) is 0 Å². The van der Waals surface area contributed by atoms with Crippen molar-refractivity contribution in [1.29, 1.82) is 0 Å². The van der Waals surface area contributed by atoms with Crippen molar-refractivity contribution in [3.63, 3.8) is 0 Å². The number of ether oxygens (including phenoxy) is 1. The molecule has 1 aromatic rings. The highest BCUT2D eigenvalue weighted by atomic mass is 16.5. The molecule has 0 aromatic carbocycles. The van der Waals surface area contributed by atoms with Gasteiger partial charge in [-0.15, -0.1) is 0 Å². The Morgan fingerprint density at radius 1 is 1.24 bits per heavy atom. The number of nitrogens with zero attached hydrogens (tertiary/aromatic N) is 2. The van der Waals surface area contributed by atoms with Crippen molar-refractivity contribution in [3.8, 4) is 0 Å². The maximum Gasteiger partial charge on any atom is 0.246 e. The van der Waals surface area contributed by atoms with Crippen molar-refractivity contribution in [1.82, 2.24) is 9.88 Å². The summed E-state index contributed by atoms with van der Waals surface area (Å²) in [6, 6.07) is 0. The van der Waals surface area contributed by atoms with Crippen LogP contribution in [0.1, 0.15) is 21.0 Å². The Morgan fingerprint density at radius 2 is 2.00 bits per heavy atom. The van der Waals surface area contributed by atoms with Gasteiger partial charge in [0.05, 0.1) is 18.9 Å². The van der Waals surface area contributed by atoms with Gasteiger partial charge in [-0.2, -0.15) is 0 Å². The van der Waals surface area contributed by atoms with Gasteiger partial charge < -0.3 is 14.1 Å². The molecule has 6 nitrogen and oxygen atoms in total. The predicted molar refractivity (Wildman–Crippen MR) is 55.6 cm³/mol. The fourth-order valence-electron chi connectivity index (χ4n) is 2.00. The molecule has 0 N–H and O–H groups in total. The van der Waals surface area contributed by atoms with Crippen LogP contribution in [0.5, 0.6) is 0 Å². The molecule has 2 heterocycles. The Bertz CT molecular complexity index is 511. The summed E-state index contributed by atoms with van der Waals surface area (Å²) in [6.45, 7) is 2.33. The average molecular weight is 234 g/mol. The van der Waals surface area contributed by atoms with Crippen molar-refractivity contribution in [2.45, 2.75) is 0 Å². The number of carbonyl (C=O) groups excluding carboxylic acids is 2. The zero-order valence-electron chi connectivity index (χ0n) is 9.01. The van der Waals surface area contributed by atoms with Gasteiger partial charge in [0.15, 0.2) is 12.1 Å². The largest absolute Gasteiger partial charge is 0.439 e. The van der Waals surface area contributed by atoms with Crippen LogP contribution in [0.3, 0.4) is 0 Å². The number of allylic oxidation sites excluding steroid dienone is 2. The van der Waals surface area contributed by atoms with E-state index in [1.807, 2.05) is 4.90 Å². The standard InChI is InChI=1S/C11H10N2O4/c14-8-5-7(13-1-3-16-4-2-13)10(15)11-9(8)12-6-17-11/h5-6H,1-4H2. The van der Waals surface area contributed by atoms with E-state index in [4.69, 9.17) is 9.15 Å². The first-order chi connectivity index (χ1) is 8.27. The molecule has 0 atom stereocenters. The second-order valence-corrected chi connectivity index (χ2v) is 3.85. The summed E-state index contributed by atoms with van der Waals surface area (Å²) >= 11 is 0. The van der Waals surface area contributed by atoms with Gasteiger partial charge in [-0.25, -0.2) is 4.98 Å². The summed E-state index contributed by atoms with van der Waals surface area (Å²) < 4.78 is 10.2. The van der Waals surface area contributed by atoms with Crippen LogP contribution in [-0.2, 0) is 4.74 Å². The van der Waals surface area contributed by atoms with Crippen molar-refractivity contribution < 1.29 is 18.7 Å². The van der Waals surface area contributed by atoms with E-state index in [-0.39, 0.29) is 23.0 Å². The summed E-state index contributed by atoms with van der Waals surface area (Å²) in [5.41, 5.74) is 0.481. The molecule has 1 saturated heterocycles. The summed E-state index contributed by atoms with van der Waals surface area (Å²) in [4.78, 5) is 29.4. The number of Topliss-reactive ketones (excluding diaryl/α,β-unsaturated/α-hetero) is 1. The number of aromatic nitrogens is 1. The molecule has 17 heavy (non-hydrogen) atoms. The van der Waals surface area contributed by atoms with Crippen LogP contribution >= 0.6 is 0 Å². The van der Waals surface area contributed by atoms with Gasteiger partial charge in [0.1, 0.15) is 0 Å². The van der Waals surface area contributed by atoms with Crippen molar-refractivity contribution in [2.75, 3.05) is 26.3 Å². The smallest absolute Gasteiger partial charge is 0.246 e. The molecule has 88 valence electrons. The molecule has 1 fully saturated rings. The van der Waals surface area contributed by atoms with Crippen LogP contribution in [0.15, 0.2) is 22.6 Å². The first-order valence-electron chi connectivity index (χ1n) is 5.34. The third-order valence-corrected chi connectivity index (χ3v) is 2.86. The highest BCUT2D eigenvalue weighted by Crippen LogP contribution is 2.23. The number of hydrogen-bond acceptors (Lipinski definition) is 6. The third-order valence-electron chi connectivity index (χ3n) is 2.86. The van der Waals surface area contributed by atoms with E-state index in [0.717, 1.165) is 6.39 Å². The lowest BCUT2D eigenvalue weighted by atomic mass is 10.0. The highest BCUT2D eigenvalue weighted by molar-refractivity contribution is 6.22. The quantitative estimate of drug-likeness (QED) is 0.694. The van der Waals surface area contributed by atoms with Gasteiger partial charge in [0.25, 0.3) is 0 Å². The molecular weight excluding hydrogens is 224 g/mol. The van der Waals surface area contributed by atoms with E-state index in [0.29, 0.717) is 32.0 Å². The lowest BCUT2D eigenvalue weighted by Crippen LogP contribution is -2.39. The number of hydrogen-bond donors (Lipinski definition) is 0. The molecule has 1 aliphatic heterocycles. The van der Waals surface area contributed by atoms with Gasteiger partial charge in [-0.05, 0) is 0 Å². The van der Waals surface area contributed by atoms with Crippen LogP contribution in [-0.4, -0.2) is 47.8 Å². The second-order valence-electron chi connectivity index (χ2n) is 3.85. The Morgan fingerprint density at radius 3 is 2.76 bits per heavy atom. The van der Waals surface area contributed by atoms with E-state index < -0.39 is 0 Å². The number of fused-ring (bicyclic) bond motifs is 1. The monoisotopic (exact) mass is 234 g/mol. The molecule has 0 bridgehead atoms. The maximum atomic E-state index is 12.1. The SMILES string of the molecule is O=C1C=C(N2CCOCC2)C(=O)c2ocnc21. The molecule has 6 heteroatoms. The average Bonchev–Trinajstić information content (AvgIpc) is 2.85. The number of carbonyl (C=O) groups is 2. The third kappa shape index (κ3) is 1.57. The lowest BCUT2D eigenvalue weighted by Gasteiger charge is -2.30. The van der Waals surface area contributed by atoms with Gasteiger partial charge in [-0.1, -0.05) is 0 Å². The molecule has 3 rings (SSSR count). The lowest BCUT2D eigenvalue weighted by molar-refractivity contribution is 0.0496. The Balaban J connectivity index is 1.96. The van der Waals surface area contributed by atoms with Gasteiger partial charge in [0.2, 0.25) is 17.3 Å². The van der Waals surface area contributed by atoms with Gasteiger partial charge in [-0.3, -0.25) is 9.59 Å². The first-order valence-corrected chi connectivity index (χ1v) is 5.34. The Hall–Kier alpha value is -1.95. The summed E-state index contributed by atoms with van der Waals surface area (Å²) in [6.07, 6.45) is 2.45. The minimum Gasteiger partial charge on any atom is -0.439 e. The molecule has 0 spiro atoms. The fourth-order valence-corrected chi connectivity index (χ4v) is 2.00. The summed E-state index contributed by atoms with van der Waals surface area (Å²) in [5, 5.41) is 0. The number of morpholine rings is 1. The van der Waals surface area contributed by atoms with E-state index in [1.54, 1.807) is 0 Å². The topological polar surface area (TPSA) is 72.6 Å². The number of rotatable bonds is 1. The number of oxazole rings is 1. The van der Waals surface area contributed by atoms with E-state index in [1.165, 1.54) is 6.08 Å². The van der Waals surface area contributed by atoms with Crippen molar-refractivity contribution in [2.24, 2.45) is 0 Å². The Labute approximate surface area is 96.9 Å². The van der Waals surface area contributed by atoms with Crippen molar-refractivity contribution in [3.05, 3.63) is 29.6 Å². The van der Waals surface area contributed by atoms with E-state index >= 15 is 0 Å². The van der Waals surface area contributed by atoms with Crippen LogP contribution in [0.4, 0.5) is 0 Å². The van der Waals surface area contributed by atoms with Gasteiger partial charge >= 0.3 is 0 Å². The van der Waals surface area contributed by atoms with E-state index in [9.17, 15) is 9.59 Å². The number of ketones is 2. The molecule has 0 amide bonds. The highest BCUT2D eigenvalue weighted by Gasteiger charge is 2.33. The second kappa shape index (κ2) is 3.81. The minimum atomic E-state index is -0.283. The predicted octanol–water partition coefficient (Wildman–Crippen LogP) is 0.270. The molecule has 0 saturated carbocycles. The zero-order valence-corrected chi connectivity index (χ0v) is 9.01. The van der Waals surface area contributed by atoms with Gasteiger partial charge in [0, 0.05) is 19.2 Å². The zero-order chi connectivity index (χ0) is 11.8. The molecule has 0 unspecified atom stereocenters. The molecule has 1 aliphatic carbocycles. The summed E-state index contributed by atoms with van der Waals surface area (Å²) in [5.74, 6) is -0.521. The van der Waals surface area contributed by atoms with Crippen LogP contribution in [0.25, 0.3) is 0 Å². The molecule has 1 aromatic heterocycles. The fraction of sp³-hybridized carbons (Fsp3) is 0.364. The van der Waals surface area contributed by atoms with E-state index in [2.05, 4.69) is 4.98 Å². The molecule has 0 radical (unpaired) electrons. The maximum absolute atomic E-state index is 12.1. The molecular formula is C11H10N2O4. The van der Waals surface area contributed by atoms with Crippen LogP contribution in [0.2, 0.25) is 0 Å². The normalized spacial score (nSPS) is 20.2. The first kappa shape index (κ1) is 10.2.